The van der Waals surface area contributed by atoms with Crippen LogP contribution in [0.4, 0.5) is 0 Å². The lowest BCUT2D eigenvalue weighted by molar-refractivity contribution is -0.135. The SMILES string of the molecule is CC(=O)O.CC(=O)O.CCCCCCCCCCCCNCCCN. The molecule has 0 unspecified atom stereocenters. The molecule has 0 aromatic heterocycles. The van der Waals surface area contributed by atoms with Crippen LogP contribution in [0.15, 0.2) is 0 Å². The molecule has 6 nitrogen and oxygen atoms in total. The van der Waals surface area contributed by atoms with Crippen molar-refractivity contribution >= 4 is 11.9 Å². The fourth-order valence-corrected chi connectivity index (χ4v) is 2.09. The maximum absolute atomic E-state index is 9.00. The highest BCUT2D eigenvalue weighted by Gasteiger charge is 1.92. The Morgan fingerprint density at radius 3 is 1.40 bits per heavy atom. The van der Waals surface area contributed by atoms with Crippen LogP contribution in [0, 0.1) is 0 Å². The third-order valence-electron chi connectivity index (χ3n) is 3.26. The summed E-state index contributed by atoms with van der Waals surface area (Å²) >= 11 is 0. The number of unbranched alkanes of at least 4 members (excludes halogenated alkanes) is 9. The van der Waals surface area contributed by atoms with Crippen LogP contribution in [-0.4, -0.2) is 41.8 Å². The van der Waals surface area contributed by atoms with Crippen LogP contribution in [-0.2, 0) is 9.59 Å². The Morgan fingerprint density at radius 1 is 0.720 bits per heavy atom. The number of rotatable bonds is 14. The molecule has 0 amide bonds. The van der Waals surface area contributed by atoms with Gasteiger partial charge in [0.1, 0.15) is 0 Å². The molecule has 0 aliphatic heterocycles. The van der Waals surface area contributed by atoms with Crippen LogP contribution in [0.5, 0.6) is 0 Å². The van der Waals surface area contributed by atoms with Crippen LogP contribution in [0.2, 0.25) is 0 Å². The number of nitrogens with two attached hydrogens (primary N) is 1. The van der Waals surface area contributed by atoms with Crippen LogP contribution in [0.3, 0.4) is 0 Å². The lowest BCUT2D eigenvalue weighted by Crippen LogP contribution is -2.19. The zero-order valence-electron chi connectivity index (χ0n) is 16.7. The molecule has 6 heteroatoms. The van der Waals surface area contributed by atoms with Crippen molar-refractivity contribution in [1.82, 2.24) is 5.32 Å². The summed E-state index contributed by atoms with van der Waals surface area (Å²) in [5, 5.41) is 18.3. The third-order valence-corrected chi connectivity index (χ3v) is 3.26. The summed E-state index contributed by atoms with van der Waals surface area (Å²) in [6, 6.07) is 0. The Hall–Kier alpha value is -1.14. The second-order valence-electron chi connectivity index (χ2n) is 6.11. The van der Waals surface area contributed by atoms with Gasteiger partial charge in [0.15, 0.2) is 0 Å². The van der Waals surface area contributed by atoms with Gasteiger partial charge in [0.25, 0.3) is 11.9 Å². The first-order valence-electron chi connectivity index (χ1n) is 9.68. The molecular weight excluding hydrogens is 320 g/mol. The normalized spacial score (nSPS) is 9.44. The van der Waals surface area contributed by atoms with Gasteiger partial charge in [-0.25, -0.2) is 0 Å². The number of hydrogen-bond donors (Lipinski definition) is 4. The monoisotopic (exact) mass is 362 g/mol. The van der Waals surface area contributed by atoms with Crippen molar-refractivity contribution in [3.05, 3.63) is 0 Å². The Labute approximate surface area is 154 Å². The maximum atomic E-state index is 9.00. The van der Waals surface area contributed by atoms with Crippen molar-refractivity contribution in [1.29, 1.82) is 0 Å². The zero-order chi connectivity index (χ0) is 19.8. The lowest BCUT2D eigenvalue weighted by Gasteiger charge is -2.04. The molecule has 0 aromatic rings. The topological polar surface area (TPSA) is 113 Å². The van der Waals surface area contributed by atoms with Gasteiger partial charge in [-0.1, -0.05) is 64.7 Å². The van der Waals surface area contributed by atoms with E-state index in [0.29, 0.717) is 0 Å². The zero-order valence-corrected chi connectivity index (χ0v) is 16.7. The number of carboxylic acids is 2. The number of carboxylic acid groups (broad SMARTS) is 2. The second kappa shape index (κ2) is 27.7. The molecule has 0 aromatic carbocycles. The molecule has 0 aliphatic carbocycles. The van der Waals surface area contributed by atoms with Crippen molar-refractivity contribution in [2.24, 2.45) is 5.73 Å². The molecule has 152 valence electrons. The minimum atomic E-state index is -0.833. The van der Waals surface area contributed by atoms with E-state index in [2.05, 4.69) is 12.2 Å². The molecule has 5 N–H and O–H groups in total. The first-order valence-corrected chi connectivity index (χ1v) is 9.68. The fourth-order valence-electron chi connectivity index (χ4n) is 2.09. The Kier molecular flexibility index (Phi) is 31.7. The Balaban J connectivity index is -0.000000503. The van der Waals surface area contributed by atoms with Gasteiger partial charge in [0, 0.05) is 13.8 Å². The largest absolute Gasteiger partial charge is 0.481 e. The maximum Gasteiger partial charge on any atom is 0.300 e. The Bertz CT molecular complexity index is 240. The molecule has 0 radical (unpaired) electrons. The molecule has 0 atom stereocenters. The molecule has 25 heavy (non-hydrogen) atoms. The average molecular weight is 363 g/mol. The molecule has 0 fully saturated rings. The lowest BCUT2D eigenvalue weighted by atomic mass is 10.1. The van der Waals surface area contributed by atoms with E-state index in [9.17, 15) is 0 Å². The van der Waals surface area contributed by atoms with E-state index in [1.807, 2.05) is 0 Å². The quantitative estimate of drug-likeness (QED) is 0.347. The molecule has 0 saturated carbocycles. The van der Waals surface area contributed by atoms with E-state index in [-0.39, 0.29) is 0 Å². The third kappa shape index (κ3) is 60.1. The van der Waals surface area contributed by atoms with Gasteiger partial charge in [0.2, 0.25) is 0 Å². The Morgan fingerprint density at radius 2 is 1.04 bits per heavy atom. The second-order valence-corrected chi connectivity index (χ2v) is 6.11. The van der Waals surface area contributed by atoms with Crippen molar-refractivity contribution in [3.63, 3.8) is 0 Å². The van der Waals surface area contributed by atoms with E-state index >= 15 is 0 Å². The highest BCUT2D eigenvalue weighted by atomic mass is 16.4. The van der Waals surface area contributed by atoms with Crippen LogP contribution < -0.4 is 11.1 Å². The van der Waals surface area contributed by atoms with Gasteiger partial charge in [-0.2, -0.15) is 0 Å². The smallest absolute Gasteiger partial charge is 0.300 e. The summed E-state index contributed by atoms with van der Waals surface area (Å²) in [5.41, 5.74) is 5.43. The highest BCUT2D eigenvalue weighted by Crippen LogP contribution is 2.10. The number of hydrogen-bond acceptors (Lipinski definition) is 4. The van der Waals surface area contributed by atoms with E-state index in [4.69, 9.17) is 25.5 Å². The summed E-state index contributed by atoms with van der Waals surface area (Å²) in [7, 11) is 0. The van der Waals surface area contributed by atoms with E-state index in [0.717, 1.165) is 33.4 Å². The van der Waals surface area contributed by atoms with Gasteiger partial charge < -0.3 is 21.3 Å². The van der Waals surface area contributed by atoms with Gasteiger partial charge in [0.05, 0.1) is 0 Å². The molecular formula is C19H42N2O4. The van der Waals surface area contributed by atoms with Crippen molar-refractivity contribution in [3.8, 4) is 0 Å². The van der Waals surface area contributed by atoms with Crippen LogP contribution in [0.25, 0.3) is 0 Å². The number of nitrogens with one attached hydrogen (secondary N) is 1. The number of aliphatic carboxylic acids is 2. The fraction of sp³-hybridized carbons (Fsp3) is 0.895. The molecule has 0 spiro atoms. The summed E-state index contributed by atoms with van der Waals surface area (Å²) in [6.07, 6.45) is 15.3. The van der Waals surface area contributed by atoms with Crippen LogP contribution in [0.1, 0.15) is 91.4 Å². The van der Waals surface area contributed by atoms with Crippen molar-refractivity contribution in [2.75, 3.05) is 19.6 Å². The first-order chi connectivity index (χ1) is 11.9. The minimum absolute atomic E-state index is 0.811. The first kappa shape index (κ1) is 28.7. The van der Waals surface area contributed by atoms with Crippen molar-refractivity contribution < 1.29 is 19.8 Å². The van der Waals surface area contributed by atoms with E-state index in [1.165, 1.54) is 70.8 Å². The highest BCUT2D eigenvalue weighted by molar-refractivity contribution is 5.63. The van der Waals surface area contributed by atoms with E-state index < -0.39 is 11.9 Å². The van der Waals surface area contributed by atoms with Gasteiger partial charge in [-0.15, -0.1) is 0 Å². The summed E-state index contributed by atoms with van der Waals surface area (Å²) in [5.74, 6) is -1.67. The minimum Gasteiger partial charge on any atom is -0.481 e. The summed E-state index contributed by atoms with van der Waals surface area (Å²) < 4.78 is 0. The predicted octanol–water partition coefficient (Wildman–Crippen LogP) is 4.03. The van der Waals surface area contributed by atoms with Crippen LogP contribution >= 0.6 is 0 Å². The molecule has 0 bridgehead atoms. The molecule has 0 saturated heterocycles. The van der Waals surface area contributed by atoms with Gasteiger partial charge >= 0.3 is 0 Å². The van der Waals surface area contributed by atoms with E-state index in [1.54, 1.807) is 0 Å². The average Bonchev–Trinajstić information content (AvgIpc) is 2.51. The van der Waals surface area contributed by atoms with Gasteiger partial charge in [-0.05, 0) is 32.5 Å². The predicted molar refractivity (Wildman–Crippen MR) is 105 cm³/mol. The molecule has 0 rings (SSSR count). The molecule has 0 aliphatic rings. The van der Waals surface area contributed by atoms with Gasteiger partial charge in [-0.3, -0.25) is 9.59 Å². The molecule has 0 heterocycles. The number of carbonyl (C=O) groups is 2. The standard InChI is InChI=1S/C15H34N2.2C2H4O2/c1-2-3-4-5-6-7-8-9-10-11-14-17-15-12-13-16;2*1-2(3)4/h17H,2-16H2,1H3;2*1H3,(H,3,4). The van der Waals surface area contributed by atoms with Crippen molar-refractivity contribution in [2.45, 2.75) is 91.4 Å². The summed E-state index contributed by atoms with van der Waals surface area (Å²) in [6.45, 7) is 7.52. The summed E-state index contributed by atoms with van der Waals surface area (Å²) in [4.78, 5) is 18.0.